The molecule has 1 aliphatic rings. The number of nitrogens with one attached hydrogen (secondary N) is 1. The first kappa shape index (κ1) is 19.9. The largest absolute Gasteiger partial charge is 0.465 e. The van der Waals surface area contributed by atoms with Crippen LogP contribution >= 0.6 is 0 Å². The van der Waals surface area contributed by atoms with Crippen molar-refractivity contribution in [2.45, 2.75) is 31.1 Å². The van der Waals surface area contributed by atoms with Gasteiger partial charge < -0.3 is 9.64 Å². The van der Waals surface area contributed by atoms with E-state index in [0.29, 0.717) is 25.1 Å². The van der Waals surface area contributed by atoms with E-state index in [0.717, 1.165) is 17.7 Å². The molecule has 0 aliphatic carbocycles. The minimum absolute atomic E-state index is 0.0322. The van der Waals surface area contributed by atoms with Gasteiger partial charge in [-0.25, -0.2) is 13.2 Å². The van der Waals surface area contributed by atoms with E-state index in [1.165, 1.54) is 19.2 Å². The number of nitrogens with zero attached hydrogens (tertiary/aromatic N) is 1. The highest BCUT2D eigenvalue weighted by atomic mass is 32.2. The Morgan fingerprint density at radius 1 is 1.18 bits per heavy atom. The monoisotopic (exact) mass is 402 g/mol. The number of aryl methyl sites for hydroxylation is 1. The first-order valence-corrected chi connectivity index (χ1v) is 10.5. The lowest BCUT2D eigenvalue weighted by Crippen LogP contribution is -2.35. The normalized spacial score (nSPS) is 13.8. The molecule has 1 amide bonds. The zero-order chi connectivity index (χ0) is 20.3. The molecule has 28 heavy (non-hydrogen) atoms. The summed E-state index contributed by atoms with van der Waals surface area (Å²) in [4.78, 5) is 25.6. The quantitative estimate of drug-likeness (QED) is 0.750. The van der Waals surface area contributed by atoms with E-state index in [9.17, 15) is 18.0 Å². The second-order valence-corrected chi connectivity index (χ2v) is 8.13. The fourth-order valence-electron chi connectivity index (χ4n) is 3.28. The van der Waals surface area contributed by atoms with Crippen LogP contribution in [0.3, 0.4) is 0 Å². The number of sulfonamides is 1. The lowest BCUT2D eigenvalue weighted by atomic mass is 10.0. The summed E-state index contributed by atoms with van der Waals surface area (Å²) in [5, 5.41) is 0. The lowest BCUT2D eigenvalue weighted by Gasteiger charge is -2.29. The zero-order valence-electron chi connectivity index (χ0n) is 15.8. The highest BCUT2D eigenvalue weighted by Gasteiger charge is 2.26. The number of fused-ring (bicyclic) bond motifs is 1. The molecule has 2 aromatic carbocycles. The smallest absolute Gasteiger partial charge is 0.339 e. The summed E-state index contributed by atoms with van der Waals surface area (Å²) in [6, 6.07) is 11.0. The van der Waals surface area contributed by atoms with Gasteiger partial charge in [-0.1, -0.05) is 19.1 Å². The van der Waals surface area contributed by atoms with Crippen molar-refractivity contribution >= 4 is 33.3 Å². The van der Waals surface area contributed by atoms with Crippen LogP contribution in [0.2, 0.25) is 0 Å². The fraction of sp³-hybridized carbons (Fsp3) is 0.300. The maximum Gasteiger partial charge on any atom is 0.339 e. The minimum Gasteiger partial charge on any atom is -0.465 e. The third-order valence-electron chi connectivity index (χ3n) is 4.56. The molecule has 3 rings (SSSR count). The van der Waals surface area contributed by atoms with Crippen LogP contribution in [0.15, 0.2) is 47.4 Å². The molecule has 0 saturated carbocycles. The van der Waals surface area contributed by atoms with E-state index in [2.05, 4.69) is 9.46 Å². The Labute approximate surface area is 164 Å². The van der Waals surface area contributed by atoms with Gasteiger partial charge in [-0.15, -0.1) is 0 Å². The lowest BCUT2D eigenvalue weighted by molar-refractivity contribution is -0.118. The molecule has 1 N–H and O–H groups in total. The maximum atomic E-state index is 12.8. The fourth-order valence-corrected chi connectivity index (χ4v) is 4.53. The van der Waals surface area contributed by atoms with Gasteiger partial charge in [0.2, 0.25) is 5.91 Å². The van der Waals surface area contributed by atoms with E-state index in [1.54, 1.807) is 35.2 Å². The Morgan fingerprint density at radius 2 is 1.93 bits per heavy atom. The number of benzene rings is 2. The molecule has 7 nitrogen and oxygen atoms in total. The zero-order valence-corrected chi connectivity index (χ0v) is 16.6. The summed E-state index contributed by atoms with van der Waals surface area (Å²) in [5.41, 5.74) is 2.07. The number of hydrogen-bond acceptors (Lipinski definition) is 5. The standard InChI is InChI=1S/C20H22N2O5S/c1-3-12-22-17-10-9-15(13-14(17)8-11-19(22)23)21-28(25,26)18-7-5-4-6-16(18)20(24)27-2/h4-7,9-10,13,21H,3,8,11-12H2,1-2H3. The van der Waals surface area contributed by atoms with Crippen LogP contribution in [0.5, 0.6) is 0 Å². The second-order valence-electron chi connectivity index (χ2n) is 6.48. The van der Waals surface area contributed by atoms with Gasteiger partial charge in [-0.3, -0.25) is 9.52 Å². The predicted octanol–water partition coefficient (Wildman–Crippen LogP) is 2.96. The number of carbonyl (C=O) groups is 2. The summed E-state index contributed by atoms with van der Waals surface area (Å²) >= 11 is 0. The van der Waals surface area contributed by atoms with Crippen molar-refractivity contribution in [2.75, 3.05) is 23.3 Å². The molecule has 0 fully saturated rings. The van der Waals surface area contributed by atoms with E-state index < -0.39 is 16.0 Å². The Balaban J connectivity index is 1.93. The summed E-state index contributed by atoms with van der Waals surface area (Å²) in [5.74, 6) is -0.644. The van der Waals surface area contributed by atoms with Crippen molar-refractivity contribution < 1.29 is 22.7 Å². The van der Waals surface area contributed by atoms with Crippen LogP contribution in [0.1, 0.15) is 35.7 Å². The first-order valence-electron chi connectivity index (χ1n) is 9.01. The van der Waals surface area contributed by atoms with E-state index >= 15 is 0 Å². The van der Waals surface area contributed by atoms with E-state index in [-0.39, 0.29) is 16.4 Å². The second kappa shape index (κ2) is 8.02. The Bertz CT molecular complexity index is 1020. The van der Waals surface area contributed by atoms with Gasteiger partial charge in [-0.2, -0.15) is 0 Å². The van der Waals surface area contributed by atoms with Crippen LogP contribution in [-0.2, 0) is 26.0 Å². The number of ether oxygens (including phenoxy) is 1. The molecule has 0 saturated heterocycles. The van der Waals surface area contributed by atoms with Gasteiger partial charge in [0.05, 0.1) is 12.7 Å². The van der Waals surface area contributed by atoms with Gasteiger partial charge in [-0.05, 0) is 48.7 Å². The molecular formula is C20H22N2O5S. The Morgan fingerprint density at radius 3 is 2.64 bits per heavy atom. The number of rotatable bonds is 6. The average Bonchev–Trinajstić information content (AvgIpc) is 2.69. The van der Waals surface area contributed by atoms with Crippen molar-refractivity contribution in [3.63, 3.8) is 0 Å². The van der Waals surface area contributed by atoms with Crippen LogP contribution in [0.25, 0.3) is 0 Å². The van der Waals surface area contributed by atoms with Crippen molar-refractivity contribution in [1.29, 1.82) is 0 Å². The van der Waals surface area contributed by atoms with Crippen LogP contribution in [0, 0.1) is 0 Å². The molecule has 8 heteroatoms. The van der Waals surface area contributed by atoms with Crippen LogP contribution in [-0.4, -0.2) is 33.9 Å². The number of methoxy groups -OCH3 is 1. The van der Waals surface area contributed by atoms with Crippen molar-refractivity contribution in [2.24, 2.45) is 0 Å². The summed E-state index contributed by atoms with van der Waals surface area (Å²) in [6.07, 6.45) is 1.79. The van der Waals surface area contributed by atoms with Gasteiger partial charge in [0.1, 0.15) is 4.90 Å². The van der Waals surface area contributed by atoms with Crippen molar-refractivity contribution in [1.82, 2.24) is 0 Å². The van der Waals surface area contributed by atoms with Gasteiger partial charge >= 0.3 is 5.97 Å². The van der Waals surface area contributed by atoms with Crippen molar-refractivity contribution in [3.8, 4) is 0 Å². The third-order valence-corrected chi connectivity index (χ3v) is 6.00. The molecule has 0 bridgehead atoms. The SMILES string of the molecule is CCCN1C(=O)CCc2cc(NS(=O)(=O)c3ccccc3C(=O)OC)ccc21. The number of hydrogen-bond donors (Lipinski definition) is 1. The van der Waals surface area contributed by atoms with Crippen LogP contribution < -0.4 is 9.62 Å². The Hall–Kier alpha value is -2.87. The summed E-state index contributed by atoms with van der Waals surface area (Å²) in [6.45, 7) is 2.63. The topological polar surface area (TPSA) is 92.8 Å². The molecule has 0 atom stereocenters. The van der Waals surface area contributed by atoms with Crippen molar-refractivity contribution in [3.05, 3.63) is 53.6 Å². The molecule has 0 spiro atoms. The molecule has 1 aliphatic heterocycles. The van der Waals surface area contributed by atoms with Gasteiger partial charge in [0, 0.05) is 24.3 Å². The molecule has 1 heterocycles. The molecule has 2 aromatic rings. The molecular weight excluding hydrogens is 380 g/mol. The van der Waals surface area contributed by atoms with E-state index in [1.807, 2.05) is 6.92 Å². The summed E-state index contributed by atoms with van der Waals surface area (Å²) in [7, 11) is -2.79. The third kappa shape index (κ3) is 3.87. The molecule has 0 unspecified atom stereocenters. The molecule has 0 radical (unpaired) electrons. The summed E-state index contributed by atoms with van der Waals surface area (Å²) < 4.78 is 32.9. The van der Waals surface area contributed by atoms with Crippen LogP contribution in [0.4, 0.5) is 11.4 Å². The minimum atomic E-state index is -3.99. The maximum absolute atomic E-state index is 12.8. The average molecular weight is 402 g/mol. The molecule has 0 aromatic heterocycles. The molecule has 148 valence electrons. The number of esters is 1. The predicted molar refractivity (Wildman–Crippen MR) is 106 cm³/mol. The number of anilines is 2. The van der Waals surface area contributed by atoms with Gasteiger partial charge in [0.15, 0.2) is 0 Å². The highest BCUT2D eigenvalue weighted by molar-refractivity contribution is 7.92. The number of amides is 1. The highest BCUT2D eigenvalue weighted by Crippen LogP contribution is 2.31. The van der Waals surface area contributed by atoms with Gasteiger partial charge in [0.25, 0.3) is 10.0 Å². The van der Waals surface area contributed by atoms with E-state index in [4.69, 9.17) is 0 Å². The number of carbonyl (C=O) groups excluding carboxylic acids is 2. The Kier molecular flexibility index (Phi) is 5.69. The first-order chi connectivity index (χ1) is 13.4.